The van der Waals surface area contributed by atoms with Gasteiger partial charge in [-0.05, 0) is 0 Å². The third kappa shape index (κ3) is 1.51. The summed E-state index contributed by atoms with van der Waals surface area (Å²) in [7, 11) is 0. The van der Waals surface area contributed by atoms with Crippen molar-refractivity contribution in [1.29, 1.82) is 0 Å². The van der Waals surface area contributed by atoms with Gasteiger partial charge in [0.2, 0.25) is 0 Å². The fourth-order valence-electron chi connectivity index (χ4n) is 0. The summed E-state index contributed by atoms with van der Waals surface area (Å²) < 4.78 is 10.3. The molecular weight excluding hydrogens is 59.0 g/mol. The molecule has 0 aliphatic heterocycles. The van der Waals surface area contributed by atoms with E-state index in [-0.39, 0.29) is 0 Å². The van der Waals surface area contributed by atoms with Crippen molar-refractivity contribution in [3.05, 3.63) is 0 Å². The molecule has 0 aromatic rings. The van der Waals surface area contributed by atoms with Crippen LogP contribution >= 0.6 is 0 Å². The van der Waals surface area contributed by atoms with Gasteiger partial charge >= 0.3 is 13.0 Å². The van der Waals surface area contributed by atoms with Crippen LogP contribution in [-0.4, -0.2) is 13.0 Å². The van der Waals surface area contributed by atoms with Crippen LogP contribution in [0.5, 0.6) is 0 Å². The van der Waals surface area contributed by atoms with Gasteiger partial charge in [-0.25, -0.2) is 0 Å². The van der Waals surface area contributed by atoms with Gasteiger partial charge < -0.3 is 0 Å². The summed E-state index contributed by atoms with van der Waals surface area (Å²) in [6.45, 7) is -0.986. The lowest BCUT2D eigenvalue weighted by atomic mass is 10.9. The molecule has 0 aliphatic rings. The van der Waals surface area contributed by atoms with Crippen molar-refractivity contribution in [3.63, 3.8) is 0 Å². The zero-order valence-corrected chi connectivity index (χ0v) is 1.99. The second-order valence-corrected chi connectivity index (χ2v) is 0.278. The molecule has 0 spiro atoms. The molecule has 0 bridgehead atoms. The molecule has 0 aliphatic carbocycles. The van der Waals surface area contributed by atoms with Crippen LogP contribution in [0.4, 0.5) is 4.39 Å². The first-order valence-corrected chi connectivity index (χ1v) is 0.825. The van der Waals surface area contributed by atoms with Crippen molar-refractivity contribution in [2.75, 3.05) is 6.67 Å². The highest BCUT2D eigenvalue weighted by Gasteiger charge is 1.83. The molecule has 1 nitrogen and oxygen atoms in total. The topological polar surface area (TPSA) is 17.1 Å². The number of alkyl halides is 1. The molecule has 0 radical (unpaired) electrons. The summed E-state index contributed by atoms with van der Waals surface area (Å²) in [4.78, 5) is 8.67. The summed E-state index contributed by atoms with van der Waals surface area (Å²) in [6, 6.07) is 0. The molecule has 0 saturated heterocycles. The number of hydrogen-bond donors (Lipinski definition) is 0. The van der Waals surface area contributed by atoms with Gasteiger partial charge in [0, 0.05) is 4.79 Å². The minimum atomic E-state index is -0.986. The zero-order chi connectivity index (χ0) is 3.41. The molecule has 0 rings (SSSR count). The Morgan fingerprint density at radius 3 is 2.25 bits per heavy atom. The Hall–Kier alpha value is -0.490. The lowest BCUT2D eigenvalue weighted by Gasteiger charge is -1.27. The van der Waals surface area contributed by atoms with Gasteiger partial charge in [0.25, 0.3) is 0 Å². The van der Waals surface area contributed by atoms with Crippen LogP contribution in [0.25, 0.3) is 0 Å². The lowest BCUT2D eigenvalue weighted by molar-refractivity contribution is 0.507. The lowest BCUT2D eigenvalue weighted by Crippen LogP contribution is -1.65. The Morgan fingerprint density at radius 2 is 2.25 bits per heavy atom. The van der Waals surface area contributed by atoms with Crippen LogP contribution in [0.2, 0.25) is 0 Å². The van der Waals surface area contributed by atoms with E-state index in [1.54, 1.807) is 0 Å². The SMILES string of the molecule is O=[C+]CF. The summed E-state index contributed by atoms with van der Waals surface area (Å²) in [5.74, 6) is 0. The largest absolute Gasteiger partial charge is 0.542 e. The molecule has 4 heavy (non-hydrogen) atoms. The molecule has 0 N–H and O–H groups in total. The van der Waals surface area contributed by atoms with E-state index in [0.717, 1.165) is 6.29 Å². The van der Waals surface area contributed by atoms with Crippen molar-refractivity contribution in [2.45, 2.75) is 0 Å². The Kier molecular flexibility index (Phi) is 2.20. The highest BCUT2D eigenvalue weighted by Crippen LogP contribution is 1.46. The average Bonchev–Trinajstić information content (AvgIpc) is 1.37. The van der Waals surface area contributed by atoms with Gasteiger partial charge in [-0.3, -0.25) is 0 Å². The smallest absolute Gasteiger partial charge is 0.182 e. The van der Waals surface area contributed by atoms with E-state index < -0.39 is 6.67 Å². The van der Waals surface area contributed by atoms with Gasteiger partial charge in [0.1, 0.15) is 0 Å². The molecule has 2 heteroatoms. The zero-order valence-electron chi connectivity index (χ0n) is 1.99. The fraction of sp³-hybridized carbons (Fsp3) is 0.500. The second-order valence-electron chi connectivity index (χ2n) is 0.278. The Labute approximate surface area is 23.4 Å². The molecule has 0 unspecified atom stereocenters. The summed E-state index contributed by atoms with van der Waals surface area (Å²) in [6.07, 6.45) is 1.01. The van der Waals surface area contributed by atoms with E-state index in [4.69, 9.17) is 4.79 Å². The van der Waals surface area contributed by atoms with Crippen LogP contribution in [0.15, 0.2) is 0 Å². The minimum Gasteiger partial charge on any atom is -0.182 e. The number of hydrogen-bond acceptors (Lipinski definition) is 1. The molecule has 0 aromatic heterocycles. The molecule has 0 amide bonds. The van der Waals surface area contributed by atoms with E-state index in [1.807, 2.05) is 0 Å². The van der Waals surface area contributed by atoms with Gasteiger partial charge in [0.05, 0.1) is 0 Å². The molecular formula is C2H2FO+. The number of halogens is 1. The van der Waals surface area contributed by atoms with Crippen LogP contribution in [0.1, 0.15) is 0 Å². The molecule has 22 valence electrons. The highest BCUT2D eigenvalue weighted by atomic mass is 19.1. The van der Waals surface area contributed by atoms with E-state index in [0.29, 0.717) is 0 Å². The molecule has 0 aromatic carbocycles. The molecule has 0 fully saturated rings. The van der Waals surface area contributed by atoms with Crippen LogP contribution in [-0.2, 0) is 4.79 Å². The summed E-state index contributed by atoms with van der Waals surface area (Å²) in [5.41, 5.74) is 0. The molecule has 0 heterocycles. The van der Waals surface area contributed by atoms with Gasteiger partial charge in [-0.1, -0.05) is 0 Å². The fourth-order valence-corrected chi connectivity index (χ4v) is 0. The van der Waals surface area contributed by atoms with Crippen LogP contribution in [0, 0.1) is 0 Å². The van der Waals surface area contributed by atoms with E-state index in [1.165, 1.54) is 0 Å². The summed E-state index contributed by atoms with van der Waals surface area (Å²) >= 11 is 0. The second kappa shape index (κ2) is 2.51. The number of carbonyl (C=O) groups excluding carboxylic acids is 1. The standard InChI is InChI=1S/C2H2FO/c3-1-2-4/h1H2/q+1. The Bertz CT molecular complexity index is 20.0. The Morgan fingerprint density at radius 1 is 2.00 bits per heavy atom. The predicted molar refractivity (Wildman–Crippen MR) is 11.7 cm³/mol. The van der Waals surface area contributed by atoms with Gasteiger partial charge in [-0.15, -0.1) is 0 Å². The Balaban J connectivity index is 2.30. The first-order chi connectivity index (χ1) is 1.91. The maximum Gasteiger partial charge on any atom is 0.542 e. The third-order valence-corrected chi connectivity index (χ3v) is 0.0546. The van der Waals surface area contributed by atoms with Crippen molar-refractivity contribution >= 4 is 6.29 Å². The van der Waals surface area contributed by atoms with Crippen LogP contribution < -0.4 is 0 Å². The van der Waals surface area contributed by atoms with Crippen molar-refractivity contribution in [2.24, 2.45) is 0 Å². The monoisotopic (exact) mass is 61.0 g/mol. The highest BCUT2D eigenvalue weighted by molar-refractivity contribution is 5.51. The maximum absolute atomic E-state index is 10.3. The quantitative estimate of drug-likeness (QED) is 0.392. The molecule has 0 saturated carbocycles. The third-order valence-electron chi connectivity index (χ3n) is 0.0546. The predicted octanol–water partition coefficient (Wildman–Crippen LogP) is 0.0656. The first kappa shape index (κ1) is 3.51. The van der Waals surface area contributed by atoms with Crippen LogP contribution in [0.3, 0.4) is 0 Å². The van der Waals surface area contributed by atoms with E-state index in [2.05, 4.69) is 0 Å². The van der Waals surface area contributed by atoms with Crippen molar-refractivity contribution < 1.29 is 9.18 Å². The minimum absolute atomic E-state index is 0.986. The first-order valence-electron chi connectivity index (χ1n) is 0.825. The van der Waals surface area contributed by atoms with Gasteiger partial charge in [-0.2, -0.15) is 4.39 Å². The van der Waals surface area contributed by atoms with E-state index >= 15 is 0 Å². The van der Waals surface area contributed by atoms with Gasteiger partial charge in [0.15, 0.2) is 0 Å². The van der Waals surface area contributed by atoms with E-state index in [9.17, 15) is 4.39 Å². The van der Waals surface area contributed by atoms with Crippen molar-refractivity contribution in [3.8, 4) is 0 Å². The molecule has 0 atom stereocenters. The maximum atomic E-state index is 10.3. The normalized spacial score (nSPS) is 5.25. The van der Waals surface area contributed by atoms with Crippen molar-refractivity contribution in [1.82, 2.24) is 0 Å². The number of rotatable bonds is 1. The average molecular weight is 61.0 g/mol. The summed E-state index contributed by atoms with van der Waals surface area (Å²) in [5, 5.41) is 0.